The molecule has 4 rings (SSSR count). The highest BCUT2D eigenvalue weighted by molar-refractivity contribution is 7.99. The van der Waals surface area contributed by atoms with Gasteiger partial charge in [-0.3, -0.25) is 4.79 Å². The lowest BCUT2D eigenvalue weighted by atomic mass is 10.1. The number of hydrogen-bond donors (Lipinski definition) is 0. The summed E-state index contributed by atoms with van der Waals surface area (Å²) in [5.74, 6) is 0.390. The standard InChI is InChI=1S/C25H31N3O3S2/c1-2-3-9-15-27-23-13-8-7-12-22(23)26-25(27)32-18-24(29)28(17-20-10-5-4-6-11-20)21-14-16-33(30,31)19-21/h4-8,10-13,21H,2-3,9,14-19H2,1H3. The number of thioether (sulfide) groups is 1. The van der Waals surface area contributed by atoms with Crippen LogP contribution in [0, 0.1) is 0 Å². The van der Waals surface area contributed by atoms with Gasteiger partial charge in [-0.25, -0.2) is 13.4 Å². The van der Waals surface area contributed by atoms with Gasteiger partial charge in [0.2, 0.25) is 5.91 Å². The number of carbonyl (C=O) groups excluding carboxylic acids is 1. The van der Waals surface area contributed by atoms with Gasteiger partial charge in [-0.05, 0) is 30.5 Å². The number of aromatic nitrogens is 2. The predicted octanol–water partition coefficient (Wildman–Crippen LogP) is 4.53. The number of benzene rings is 2. The van der Waals surface area contributed by atoms with E-state index in [0.717, 1.165) is 47.6 Å². The molecule has 1 aliphatic heterocycles. The summed E-state index contributed by atoms with van der Waals surface area (Å²) in [5.41, 5.74) is 3.03. The number of imidazole rings is 1. The Bertz CT molecular complexity index is 1190. The Morgan fingerprint density at radius 2 is 1.88 bits per heavy atom. The summed E-state index contributed by atoms with van der Waals surface area (Å²) in [7, 11) is -3.09. The maximum Gasteiger partial charge on any atom is 0.233 e. The van der Waals surface area contributed by atoms with Crippen LogP contribution in [0.15, 0.2) is 59.8 Å². The van der Waals surface area contributed by atoms with E-state index in [2.05, 4.69) is 17.6 Å². The predicted molar refractivity (Wildman–Crippen MR) is 134 cm³/mol. The van der Waals surface area contributed by atoms with E-state index in [1.54, 1.807) is 4.90 Å². The normalized spacial score (nSPS) is 17.4. The number of hydrogen-bond acceptors (Lipinski definition) is 5. The Morgan fingerprint density at radius 3 is 2.61 bits per heavy atom. The number of rotatable bonds is 10. The van der Waals surface area contributed by atoms with E-state index >= 15 is 0 Å². The van der Waals surface area contributed by atoms with Gasteiger partial charge in [-0.1, -0.05) is 74.0 Å². The van der Waals surface area contributed by atoms with Crippen molar-refractivity contribution in [3.63, 3.8) is 0 Å². The molecule has 8 heteroatoms. The van der Waals surface area contributed by atoms with Gasteiger partial charge in [0.15, 0.2) is 15.0 Å². The van der Waals surface area contributed by atoms with E-state index in [4.69, 9.17) is 4.98 Å². The van der Waals surface area contributed by atoms with Crippen LogP contribution in [0.5, 0.6) is 0 Å². The molecule has 2 aromatic carbocycles. The van der Waals surface area contributed by atoms with Crippen LogP contribution in [0.1, 0.15) is 38.2 Å². The molecule has 0 radical (unpaired) electrons. The van der Waals surface area contributed by atoms with Crippen molar-refractivity contribution in [3.05, 3.63) is 60.2 Å². The summed E-state index contributed by atoms with van der Waals surface area (Å²) in [4.78, 5) is 19.9. The zero-order chi connectivity index (χ0) is 23.3. The van der Waals surface area contributed by atoms with Gasteiger partial charge < -0.3 is 9.47 Å². The van der Waals surface area contributed by atoms with E-state index < -0.39 is 9.84 Å². The first-order chi connectivity index (χ1) is 16.0. The Kier molecular flexibility index (Phi) is 7.75. The van der Waals surface area contributed by atoms with Crippen molar-refractivity contribution in [1.29, 1.82) is 0 Å². The number of nitrogens with zero attached hydrogens (tertiary/aromatic N) is 3. The van der Waals surface area contributed by atoms with Crippen LogP contribution in [0.2, 0.25) is 0 Å². The Labute approximate surface area is 200 Å². The van der Waals surface area contributed by atoms with Gasteiger partial charge in [0, 0.05) is 19.1 Å². The first-order valence-corrected chi connectivity index (χ1v) is 14.4. The molecule has 1 amide bonds. The Morgan fingerprint density at radius 1 is 1.12 bits per heavy atom. The van der Waals surface area contributed by atoms with Crippen LogP contribution in [0.3, 0.4) is 0 Å². The highest BCUT2D eigenvalue weighted by Crippen LogP contribution is 2.27. The molecule has 1 saturated heterocycles. The average molecular weight is 486 g/mol. The summed E-state index contributed by atoms with van der Waals surface area (Å²) in [6.45, 7) is 3.48. The van der Waals surface area contributed by atoms with Crippen molar-refractivity contribution < 1.29 is 13.2 Å². The molecule has 0 N–H and O–H groups in total. The van der Waals surface area contributed by atoms with Gasteiger partial charge in [0.1, 0.15) is 0 Å². The monoisotopic (exact) mass is 485 g/mol. The van der Waals surface area contributed by atoms with E-state index in [0.29, 0.717) is 13.0 Å². The summed E-state index contributed by atoms with van der Waals surface area (Å²) in [6.07, 6.45) is 3.86. The topological polar surface area (TPSA) is 72.3 Å². The van der Waals surface area contributed by atoms with Crippen LogP contribution in [0.25, 0.3) is 11.0 Å². The highest BCUT2D eigenvalue weighted by atomic mass is 32.2. The first kappa shape index (κ1) is 23.8. The lowest BCUT2D eigenvalue weighted by Crippen LogP contribution is -2.41. The number of carbonyl (C=O) groups is 1. The van der Waals surface area contributed by atoms with Crippen molar-refractivity contribution >= 4 is 38.5 Å². The average Bonchev–Trinajstić information content (AvgIpc) is 3.36. The molecule has 0 spiro atoms. The summed E-state index contributed by atoms with van der Waals surface area (Å²) in [6, 6.07) is 17.6. The molecule has 1 aliphatic rings. The molecule has 1 unspecified atom stereocenters. The smallest absolute Gasteiger partial charge is 0.233 e. The molecule has 1 atom stereocenters. The van der Waals surface area contributed by atoms with Crippen molar-refractivity contribution in [1.82, 2.24) is 14.5 Å². The minimum Gasteiger partial charge on any atom is -0.334 e. The van der Waals surface area contributed by atoms with E-state index in [1.165, 1.54) is 11.8 Å². The summed E-state index contributed by atoms with van der Waals surface area (Å²) in [5, 5.41) is 0.847. The van der Waals surface area contributed by atoms with Gasteiger partial charge in [0.25, 0.3) is 0 Å². The number of sulfone groups is 1. The van der Waals surface area contributed by atoms with E-state index in [9.17, 15) is 13.2 Å². The van der Waals surface area contributed by atoms with Gasteiger partial charge >= 0.3 is 0 Å². The first-order valence-electron chi connectivity index (χ1n) is 11.6. The van der Waals surface area contributed by atoms with Crippen LogP contribution in [-0.2, 0) is 27.7 Å². The molecular weight excluding hydrogens is 454 g/mol. The molecule has 1 aromatic heterocycles. The molecule has 0 aliphatic carbocycles. The molecule has 3 aromatic rings. The van der Waals surface area contributed by atoms with Crippen molar-refractivity contribution in [2.24, 2.45) is 0 Å². The lowest BCUT2D eigenvalue weighted by Gasteiger charge is -2.28. The number of aryl methyl sites for hydroxylation is 1. The third kappa shape index (κ3) is 5.98. The van der Waals surface area contributed by atoms with Crippen molar-refractivity contribution in [3.8, 4) is 0 Å². The fourth-order valence-corrected chi connectivity index (χ4v) is 6.99. The Balaban J connectivity index is 1.52. The second-order valence-corrected chi connectivity index (χ2v) is 11.8. The fraction of sp³-hybridized carbons (Fsp3) is 0.440. The molecule has 0 saturated carbocycles. The maximum atomic E-state index is 13.4. The highest BCUT2D eigenvalue weighted by Gasteiger charge is 2.34. The van der Waals surface area contributed by atoms with Crippen LogP contribution >= 0.6 is 11.8 Å². The summed E-state index contributed by atoms with van der Waals surface area (Å²) < 4.78 is 26.4. The second kappa shape index (κ2) is 10.7. The quantitative estimate of drug-likeness (QED) is 0.312. The zero-order valence-corrected chi connectivity index (χ0v) is 20.7. The van der Waals surface area contributed by atoms with E-state index in [1.807, 2.05) is 48.5 Å². The SMILES string of the molecule is CCCCCn1c(SCC(=O)N(Cc2ccccc2)C2CCS(=O)(=O)C2)nc2ccccc21. The van der Waals surface area contributed by atoms with Crippen molar-refractivity contribution in [2.45, 2.75) is 56.9 Å². The number of fused-ring (bicyclic) bond motifs is 1. The fourth-order valence-electron chi connectivity index (χ4n) is 4.33. The minimum atomic E-state index is -3.09. The molecule has 33 heavy (non-hydrogen) atoms. The minimum absolute atomic E-state index is 0.0434. The number of para-hydroxylation sites is 2. The van der Waals surface area contributed by atoms with Gasteiger partial charge in [-0.15, -0.1) is 0 Å². The van der Waals surface area contributed by atoms with Crippen LogP contribution in [-0.4, -0.2) is 52.1 Å². The van der Waals surface area contributed by atoms with Gasteiger partial charge in [-0.2, -0.15) is 0 Å². The largest absolute Gasteiger partial charge is 0.334 e. The zero-order valence-electron chi connectivity index (χ0n) is 19.0. The molecule has 176 valence electrons. The molecule has 2 heterocycles. The molecule has 1 fully saturated rings. The van der Waals surface area contributed by atoms with Crippen molar-refractivity contribution in [2.75, 3.05) is 17.3 Å². The van der Waals surface area contributed by atoms with Gasteiger partial charge in [0.05, 0.1) is 28.3 Å². The third-order valence-corrected chi connectivity index (χ3v) is 8.81. The lowest BCUT2D eigenvalue weighted by molar-refractivity contribution is -0.130. The number of amides is 1. The molecule has 6 nitrogen and oxygen atoms in total. The second-order valence-electron chi connectivity index (χ2n) is 8.59. The van der Waals surface area contributed by atoms with Crippen LogP contribution in [0.4, 0.5) is 0 Å². The molecular formula is C25H31N3O3S2. The third-order valence-electron chi connectivity index (χ3n) is 6.09. The Hall–Kier alpha value is -2.32. The van der Waals surface area contributed by atoms with E-state index in [-0.39, 0.29) is 29.2 Å². The number of unbranched alkanes of at least 4 members (excludes halogenated alkanes) is 2. The summed E-state index contributed by atoms with van der Waals surface area (Å²) >= 11 is 1.45. The maximum absolute atomic E-state index is 13.4. The van der Waals surface area contributed by atoms with Crippen LogP contribution < -0.4 is 0 Å². The molecule has 0 bridgehead atoms.